The van der Waals surface area contributed by atoms with E-state index < -0.39 is 35.8 Å². The van der Waals surface area contributed by atoms with E-state index in [-0.39, 0.29) is 23.1 Å². The highest BCUT2D eigenvalue weighted by atomic mass is 19.4. The number of amides is 1. The Hall–Kier alpha value is -2.88. The van der Waals surface area contributed by atoms with Crippen molar-refractivity contribution in [1.82, 2.24) is 5.01 Å². The molecule has 1 N–H and O–H groups in total. The number of hydrogen-bond donors (Lipinski definition) is 1. The van der Waals surface area contributed by atoms with E-state index in [4.69, 9.17) is 9.15 Å². The number of carbonyl (C=O) groups is 1. The average Bonchev–Trinajstić information content (AvgIpc) is 3.18. The van der Waals surface area contributed by atoms with E-state index in [0.29, 0.717) is 5.75 Å². The van der Waals surface area contributed by atoms with Gasteiger partial charge >= 0.3 is 12.1 Å². The van der Waals surface area contributed by atoms with Gasteiger partial charge in [-0.15, -0.1) is 0 Å². The number of furan rings is 1. The fourth-order valence-corrected chi connectivity index (χ4v) is 2.51. The van der Waals surface area contributed by atoms with E-state index in [1.165, 1.54) is 37.3 Å². The second kappa shape index (κ2) is 6.69. The summed E-state index contributed by atoms with van der Waals surface area (Å²) in [4.78, 5) is 12.4. The molecule has 1 atom stereocenters. The minimum atomic E-state index is -5.09. The fourth-order valence-electron chi connectivity index (χ4n) is 2.51. The molecule has 0 saturated heterocycles. The Morgan fingerprint density at radius 2 is 1.96 bits per heavy atom. The average molecular weight is 386 g/mol. The number of ether oxygens (including phenoxy) is 1. The van der Waals surface area contributed by atoms with Crippen LogP contribution in [0.25, 0.3) is 0 Å². The predicted octanol–water partition coefficient (Wildman–Crippen LogP) is 3.47. The summed E-state index contributed by atoms with van der Waals surface area (Å²) in [5.41, 5.74) is -3.47. The molecule has 2 heterocycles. The van der Waals surface area contributed by atoms with Gasteiger partial charge in [0.25, 0.3) is 5.72 Å². The monoisotopic (exact) mass is 386 g/mol. The summed E-state index contributed by atoms with van der Waals surface area (Å²) in [7, 11) is 0. The molecule has 2 aromatic rings. The minimum absolute atomic E-state index is 0.0220. The highest BCUT2D eigenvalue weighted by molar-refractivity contribution is 5.96. The van der Waals surface area contributed by atoms with Crippen LogP contribution in [-0.4, -0.2) is 33.6 Å². The second-order valence-electron chi connectivity index (χ2n) is 5.95. The summed E-state index contributed by atoms with van der Waals surface area (Å²) in [6, 6.07) is 7.66. The first-order valence-electron chi connectivity index (χ1n) is 7.75. The van der Waals surface area contributed by atoms with E-state index in [2.05, 4.69) is 5.10 Å². The molecule has 0 fully saturated rings. The van der Waals surface area contributed by atoms with Crippen LogP contribution in [0.3, 0.4) is 0 Å². The van der Waals surface area contributed by atoms with Gasteiger partial charge in [-0.3, -0.25) is 4.79 Å². The highest BCUT2D eigenvalue weighted by Gasteiger charge is 2.63. The van der Waals surface area contributed by atoms with Crippen molar-refractivity contribution in [2.45, 2.75) is 31.9 Å². The third-order valence-electron chi connectivity index (χ3n) is 3.84. The Morgan fingerprint density at radius 3 is 2.59 bits per heavy atom. The maximum Gasteiger partial charge on any atom is 0.438 e. The van der Waals surface area contributed by atoms with E-state index in [1.54, 1.807) is 0 Å². The van der Waals surface area contributed by atoms with Gasteiger partial charge in [-0.2, -0.15) is 23.3 Å². The Labute approximate surface area is 150 Å². The first kappa shape index (κ1) is 18.9. The van der Waals surface area contributed by atoms with E-state index in [0.717, 1.165) is 6.07 Å². The molecule has 1 aliphatic rings. The number of halogens is 4. The van der Waals surface area contributed by atoms with E-state index >= 15 is 0 Å². The third kappa shape index (κ3) is 3.65. The Kier molecular flexibility index (Phi) is 4.68. The molecule has 0 radical (unpaired) electrons. The smallest absolute Gasteiger partial charge is 0.438 e. The van der Waals surface area contributed by atoms with Gasteiger partial charge in [-0.1, -0.05) is 0 Å². The Morgan fingerprint density at radius 1 is 1.30 bits per heavy atom. The Bertz CT molecular complexity index is 876. The molecule has 1 amide bonds. The van der Waals surface area contributed by atoms with Gasteiger partial charge in [0, 0.05) is 12.1 Å². The standard InChI is InChI=1S/C17H14F4N2O4/c1-10-8-16(25,17(19,20)21)23(22-10)15(24)14-7-6-13(27-14)9-26-12-4-2-11(18)3-5-12/h2-7,25H,8-9H2,1H3/t16-/m0/s1. The number of hydrogen-bond acceptors (Lipinski definition) is 5. The normalized spacial score (nSPS) is 19.9. The number of carbonyl (C=O) groups excluding carboxylic acids is 1. The second-order valence-corrected chi connectivity index (χ2v) is 5.95. The van der Waals surface area contributed by atoms with E-state index in [1.807, 2.05) is 0 Å². The number of rotatable bonds is 4. The number of nitrogens with zero attached hydrogens (tertiary/aromatic N) is 2. The Balaban J connectivity index is 1.73. The van der Waals surface area contributed by atoms with Crippen molar-refractivity contribution in [3.8, 4) is 5.75 Å². The molecule has 0 unspecified atom stereocenters. The number of alkyl halides is 3. The van der Waals surface area contributed by atoms with E-state index in [9.17, 15) is 27.5 Å². The molecular formula is C17H14F4N2O4. The maximum atomic E-state index is 13.2. The molecule has 0 bridgehead atoms. The van der Waals surface area contributed by atoms with Crippen LogP contribution in [0.1, 0.15) is 29.7 Å². The third-order valence-corrected chi connectivity index (χ3v) is 3.84. The van der Waals surface area contributed by atoms with Crippen LogP contribution in [-0.2, 0) is 6.61 Å². The maximum absolute atomic E-state index is 13.2. The molecule has 10 heteroatoms. The van der Waals surface area contributed by atoms with Crippen LogP contribution in [0.15, 0.2) is 45.9 Å². The SMILES string of the molecule is CC1=NN(C(=O)c2ccc(COc3ccc(F)cc3)o2)[C@@](O)(C(F)(F)F)C1. The van der Waals surface area contributed by atoms with Crippen molar-refractivity contribution in [2.75, 3.05) is 0 Å². The molecule has 1 aliphatic heterocycles. The van der Waals surface area contributed by atoms with Crippen molar-refractivity contribution in [2.24, 2.45) is 5.10 Å². The molecule has 6 nitrogen and oxygen atoms in total. The molecular weight excluding hydrogens is 372 g/mol. The summed E-state index contributed by atoms with van der Waals surface area (Å²) in [5, 5.41) is 13.4. The first-order valence-corrected chi connectivity index (χ1v) is 7.75. The summed E-state index contributed by atoms with van der Waals surface area (Å²) >= 11 is 0. The molecule has 1 aromatic carbocycles. The molecule has 0 saturated carbocycles. The van der Waals surface area contributed by atoms with Crippen LogP contribution < -0.4 is 4.74 Å². The van der Waals surface area contributed by atoms with Gasteiger partial charge in [0.15, 0.2) is 5.76 Å². The van der Waals surface area contributed by atoms with Gasteiger partial charge in [0.2, 0.25) is 0 Å². The van der Waals surface area contributed by atoms with Gasteiger partial charge in [0.1, 0.15) is 23.9 Å². The van der Waals surface area contributed by atoms with Crippen LogP contribution >= 0.6 is 0 Å². The van der Waals surface area contributed by atoms with Crippen molar-refractivity contribution in [1.29, 1.82) is 0 Å². The molecule has 0 spiro atoms. The fraction of sp³-hybridized carbons (Fsp3) is 0.294. The molecule has 3 rings (SSSR count). The van der Waals surface area contributed by atoms with Gasteiger partial charge in [-0.25, -0.2) is 4.39 Å². The zero-order valence-electron chi connectivity index (χ0n) is 14.0. The largest absolute Gasteiger partial charge is 0.486 e. The van der Waals surface area contributed by atoms with Gasteiger partial charge in [0.05, 0.1) is 0 Å². The van der Waals surface area contributed by atoms with Crippen LogP contribution in [0, 0.1) is 5.82 Å². The number of benzene rings is 1. The highest BCUT2D eigenvalue weighted by Crippen LogP contribution is 2.40. The summed E-state index contributed by atoms with van der Waals surface area (Å²) in [6.45, 7) is 1.14. The lowest BCUT2D eigenvalue weighted by molar-refractivity contribution is -0.297. The molecule has 0 aliphatic carbocycles. The lowest BCUT2D eigenvalue weighted by Crippen LogP contribution is -2.56. The van der Waals surface area contributed by atoms with Crippen molar-refractivity contribution in [3.05, 3.63) is 53.7 Å². The van der Waals surface area contributed by atoms with Crippen molar-refractivity contribution in [3.63, 3.8) is 0 Å². The van der Waals surface area contributed by atoms with Crippen molar-refractivity contribution < 1.29 is 36.6 Å². The first-order chi connectivity index (χ1) is 12.6. The van der Waals surface area contributed by atoms with Crippen LogP contribution in [0.4, 0.5) is 17.6 Å². The topological polar surface area (TPSA) is 75.3 Å². The molecule has 27 heavy (non-hydrogen) atoms. The van der Waals surface area contributed by atoms with Gasteiger partial charge in [-0.05, 0) is 43.3 Å². The zero-order chi connectivity index (χ0) is 19.8. The number of aliphatic hydroxyl groups is 1. The number of hydrazone groups is 1. The zero-order valence-corrected chi connectivity index (χ0v) is 14.0. The molecule has 144 valence electrons. The lowest BCUT2D eigenvalue weighted by atomic mass is 10.1. The van der Waals surface area contributed by atoms with Crippen LogP contribution in [0.2, 0.25) is 0 Å². The summed E-state index contributed by atoms with van der Waals surface area (Å²) in [6.07, 6.45) is -5.94. The quantitative estimate of drug-likeness (QED) is 0.817. The predicted molar refractivity (Wildman–Crippen MR) is 84.3 cm³/mol. The minimum Gasteiger partial charge on any atom is -0.486 e. The van der Waals surface area contributed by atoms with Crippen LogP contribution in [0.5, 0.6) is 5.75 Å². The summed E-state index contributed by atoms with van der Waals surface area (Å²) in [5.74, 6) is -1.62. The lowest BCUT2D eigenvalue weighted by Gasteiger charge is -2.32. The summed E-state index contributed by atoms with van der Waals surface area (Å²) < 4.78 is 63.0. The van der Waals surface area contributed by atoms with Crippen molar-refractivity contribution >= 4 is 11.6 Å². The van der Waals surface area contributed by atoms with Gasteiger partial charge < -0.3 is 14.3 Å². The molecule has 1 aromatic heterocycles.